The van der Waals surface area contributed by atoms with Crippen molar-refractivity contribution in [1.29, 1.82) is 0 Å². The number of esters is 1. The van der Waals surface area contributed by atoms with Crippen LogP contribution in [-0.2, 0) is 17.7 Å². The highest BCUT2D eigenvalue weighted by molar-refractivity contribution is 5.85. The Labute approximate surface area is 102 Å². The number of aromatic nitrogens is 6. The van der Waals surface area contributed by atoms with Crippen molar-refractivity contribution in [3.05, 3.63) is 17.5 Å². The SMILES string of the molecule is CCOC(=O)c1nnnn1Cc1nc(CC)no1. The Bertz CT molecular complexity index is 534. The first-order valence-corrected chi connectivity index (χ1v) is 5.49. The molecule has 0 atom stereocenters. The van der Waals surface area contributed by atoms with E-state index in [0.29, 0.717) is 18.1 Å². The largest absolute Gasteiger partial charge is 0.460 e. The van der Waals surface area contributed by atoms with Gasteiger partial charge in [-0.15, -0.1) is 5.10 Å². The third kappa shape index (κ3) is 2.50. The van der Waals surface area contributed by atoms with Crippen molar-refractivity contribution in [3.8, 4) is 0 Å². The van der Waals surface area contributed by atoms with Crippen LogP contribution in [0.3, 0.4) is 0 Å². The van der Waals surface area contributed by atoms with Crippen LogP contribution in [0.4, 0.5) is 0 Å². The van der Waals surface area contributed by atoms with Crippen molar-refractivity contribution in [1.82, 2.24) is 30.3 Å². The maximum Gasteiger partial charge on any atom is 0.378 e. The van der Waals surface area contributed by atoms with Crippen LogP contribution in [0.25, 0.3) is 0 Å². The quantitative estimate of drug-likeness (QED) is 0.675. The average Bonchev–Trinajstić information content (AvgIpc) is 2.99. The van der Waals surface area contributed by atoms with E-state index >= 15 is 0 Å². The summed E-state index contributed by atoms with van der Waals surface area (Å²) in [6, 6.07) is 0. The van der Waals surface area contributed by atoms with Crippen LogP contribution in [0.15, 0.2) is 4.52 Å². The molecule has 18 heavy (non-hydrogen) atoms. The van der Waals surface area contributed by atoms with Gasteiger partial charge in [-0.25, -0.2) is 9.48 Å². The van der Waals surface area contributed by atoms with Gasteiger partial charge in [0.1, 0.15) is 6.54 Å². The zero-order valence-electron chi connectivity index (χ0n) is 10.0. The molecule has 2 aromatic rings. The highest BCUT2D eigenvalue weighted by Crippen LogP contribution is 2.03. The van der Waals surface area contributed by atoms with Gasteiger partial charge in [0.05, 0.1) is 6.61 Å². The first kappa shape index (κ1) is 12.1. The maximum absolute atomic E-state index is 11.5. The Morgan fingerprint density at radius 2 is 2.28 bits per heavy atom. The van der Waals surface area contributed by atoms with Crippen molar-refractivity contribution < 1.29 is 14.1 Å². The summed E-state index contributed by atoms with van der Waals surface area (Å²) in [6.45, 7) is 4.01. The first-order chi connectivity index (χ1) is 8.74. The number of tetrazole rings is 1. The number of rotatable bonds is 5. The van der Waals surface area contributed by atoms with E-state index in [1.165, 1.54) is 4.68 Å². The van der Waals surface area contributed by atoms with Gasteiger partial charge in [0.2, 0.25) is 5.89 Å². The Balaban J connectivity index is 2.14. The van der Waals surface area contributed by atoms with E-state index in [1.54, 1.807) is 6.92 Å². The Morgan fingerprint density at radius 1 is 1.44 bits per heavy atom. The highest BCUT2D eigenvalue weighted by atomic mass is 16.5. The molecule has 0 amide bonds. The van der Waals surface area contributed by atoms with Gasteiger partial charge in [-0.05, 0) is 17.4 Å². The molecule has 0 unspecified atom stereocenters. The van der Waals surface area contributed by atoms with Crippen LogP contribution in [0.5, 0.6) is 0 Å². The van der Waals surface area contributed by atoms with E-state index in [2.05, 4.69) is 25.7 Å². The summed E-state index contributed by atoms with van der Waals surface area (Å²) < 4.78 is 11.1. The van der Waals surface area contributed by atoms with E-state index in [0.717, 1.165) is 0 Å². The summed E-state index contributed by atoms with van der Waals surface area (Å²) in [5.74, 6) is 0.353. The van der Waals surface area contributed by atoms with E-state index in [4.69, 9.17) is 9.26 Å². The van der Waals surface area contributed by atoms with Crippen LogP contribution in [0.2, 0.25) is 0 Å². The molecular formula is C9H12N6O3. The van der Waals surface area contributed by atoms with Crippen LogP contribution >= 0.6 is 0 Å². The zero-order chi connectivity index (χ0) is 13.0. The number of carbonyl (C=O) groups is 1. The highest BCUT2D eigenvalue weighted by Gasteiger charge is 2.18. The molecule has 9 heteroatoms. The minimum Gasteiger partial charge on any atom is -0.460 e. The van der Waals surface area contributed by atoms with Crippen molar-refractivity contribution in [2.45, 2.75) is 26.8 Å². The summed E-state index contributed by atoms with van der Waals surface area (Å²) in [7, 11) is 0. The standard InChI is InChI=1S/C9H12N6O3/c1-3-6-10-7(18-12-6)5-15-8(11-13-14-15)9(16)17-4-2/h3-5H2,1-2H3. The predicted octanol–water partition coefficient (Wildman–Crippen LogP) is -0.157. The molecule has 0 aliphatic rings. The monoisotopic (exact) mass is 252 g/mol. The van der Waals surface area contributed by atoms with Gasteiger partial charge in [0.25, 0.3) is 5.82 Å². The fourth-order valence-corrected chi connectivity index (χ4v) is 1.28. The molecule has 0 N–H and O–H groups in total. The number of aryl methyl sites for hydroxylation is 1. The Kier molecular flexibility index (Phi) is 3.60. The molecule has 9 nitrogen and oxygen atoms in total. The topological polar surface area (TPSA) is 109 Å². The molecular weight excluding hydrogens is 240 g/mol. The molecule has 0 aliphatic heterocycles. The van der Waals surface area contributed by atoms with E-state index in [-0.39, 0.29) is 19.0 Å². The van der Waals surface area contributed by atoms with E-state index < -0.39 is 5.97 Å². The molecule has 0 saturated heterocycles. The molecule has 2 rings (SSSR count). The van der Waals surface area contributed by atoms with Gasteiger partial charge in [-0.3, -0.25) is 0 Å². The number of ether oxygens (including phenoxy) is 1. The van der Waals surface area contributed by atoms with Gasteiger partial charge in [0.15, 0.2) is 5.82 Å². The lowest BCUT2D eigenvalue weighted by Gasteiger charge is -2.00. The lowest BCUT2D eigenvalue weighted by Crippen LogP contribution is -2.15. The van der Waals surface area contributed by atoms with Crippen molar-refractivity contribution in [2.24, 2.45) is 0 Å². The van der Waals surface area contributed by atoms with Gasteiger partial charge >= 0.3 is 5.97 Å². The maximum atomic E-state index is 11.5. The number of hydrogen-bond donors (Lipinski definition) is 0. The summed E-state index contributed by atoms with van der Waals surface area (Å²) in [4.78, 5) is 15.6. The molecule has 2 heterocycles. The minimum atomic E-state index is -0.585. The molecule has 2 aromatic heterocycles. The fourth-order valence-electron chi connectivity index (χ4n) is 1.28. The van der Waals surface area contributed by atoms with E-state index in [1.807, 2.05) is 6.92 Å². The molecule has 0 aliphatic carbocycles. The van der Waals surface area contributed by atoms with Gasteiger partial charge < -0.3 is 9.26 Å². The molecule has 0 saturated carbocycles. The second-order valence-corrected chi connectivity index (χ2v) is 3.34. The average molecular weight is 252 g/mol. The molecule has 0 spiro atoms. The fraction of sp³-hybridized carbons (Fsp3) is 0.556. The molecule has 0 fully saturated rings. The van der Waals surface area contributed by atoms with Crippen LogP contribution in [-0.4, -0.2) is 42.9 Å². The summed E-state index contributed by atoms with van der Waals surface area (Å²) in [5.41, 5.74) is 0. The van der Waals surface area contributed by atoms with Crippen molar-refractivity contribution >= 4 is 5.97 Å². The van der Waals surface area contributed by atoms with Gasteiger partial charge in [-0.2, -0.15) is 4.98 Å². The van der Waals surface area contributed by atoms with Crippen LogP contribution < -0.4 is 0 Å². The lowest BCUT2D eigenvalue weighted by atomic mass is 10.5. The number of hydrogen-bond acceptors (Lipinski definition) is 8. The normalized spacial score (nSPS) is 10.6. The molecule has 0 aromatic carbocycles. The van der Waals surface area contributed by atoms with Crippen molar-refractivity contribution in [2.75, 3.05) is 6.61 Å². The Morgan fingerprint density at radius 3 is 2.94 bits per heavy atom. The van der Waals surface area contributed by atoms with E-state index in [9.17, 15) is 4.79 Å². The second kappa shape index (κ2) is 5.34. The minimum absolute atomic E-state index is 0.00750. The zero-order valence-corrected chi connectivity index (χ0v) is 10.0. The van der Waals surface area contributed by atoms with Crippen molar-refractivity contribution in [3.63, 3.8) is 0 Å². The first-order valence-electron chi connectivity index (χ1n) is 5.49. The molecule has 96 valence electrons. The third-order valence-electron chi connectivity index (χ3n) is 2.10. The number of carbonyl (C=O) groups excluding carboxylic acids is 1. The second-order valence-electron chi connectivity index (χ2n) is 3.34. The molecule has 0 bridgehead atoms. The van der Waals surface area contributed by atoms with Gasteiger partial charge in [-0.1, -0.05) is 12.1 Å². The van der Waals surface area contributed by atoms with Crippen LogP contribution in [0.1, 0.15) is 36.2 Å². The smallest absolute Gasteiger partial charge is 0.378 e. The third-order valence-corrected chi connectivity index (χ3v) is 2.10. The summed E-state index contributed by atoms with van der Waals surface area (Å²) >= 11 is 0. The Hall–Kier alpha value is -2.32. The van der Waals surface area contributed by atoms with Crippen LogP contribution in [0, 0.1) is 0 Å². The van der Waals surface area contributed by atoms with Gasteiger partial charge in [0, 0.05) is 6.42 Å². The summed E-state index contributed by atoms with van der Waals surface area (Å²) in [5, 5.41) is 14.4. The lowest BCUT2D eigenvalue weighted by molar-refractivity contribution is 0.0504. The number of nitrogens with zero attached hydrogens (tertiary/aromatic N) is 6. The predicted molar refractivity (Wildman–Crippen MR) is 56.6 cm³/mol. The summed E-state index contributed by atoms with van der Waals surface area (Å²) in [6.07, 6.45) is 0.670. The molecule has 0 radical (unpaired) electrons.